The molecule has 1 aromatic carbocycles. The van der Waals surface area contributed by atoms with Gasteiger partial charge in [-0.25, -0.2) is 9.37 Å². The van der Waals surface area contributed by atoms with E-state index in [0.717, 1.165) is 30.0 Å². The van der Waals surface area contributed by atoms with Crippen LogP contribution in [-0.2, 0) is 6.42 Å². The summed E-state index contributed by atoms with van der Waals surface area (Å²) >= 11 is 0. The second-order valence-corrected chi connectivity index (χ2v) is 5.07. The molecule has 0 aliphatic heterocycles. The van der Waals surface area contributed by atoms with Crippen molar-refractivity contribution in [1.29, 1.82) is 0 Å². The van der Waals surface area contributed by atoms with Gasteiger partial charge in [0.1, 0.15) is 5.82 Å². The molecular formula is C15H18FN3O. The second kappa shape index (κ2) is 5.63. The van der Waals surface area contributed by atoms with Crippen molar-refractivity contribution in [2.75, 3.05) is 13.7 Å². The van der Waals surface area contributed by atoms with Gasteiger partial charge in [0.25, 0.3) is 0 Å². The number of methoxy groups -OCH3 is 1. The fraction of sp³-hybridized carbons (Fsp3) is 0.400. The summed E-state index contributed by atoms with van der Waals surface area (Å²) in [6.07, 6.45) is 5.17. The molecule has 1 aliphatic carbocycles. The minimum absolute atomic E-state index is 0.252. The highest BCUT2D eigenvalue weighted by molar-refractivity contribution is 5.59. The molecule has 20 heavy (non-hydrogen) atoms. The van der Waals surface area contributed by atoms with Gasteiger partial charge in [-0.15, -0.1) is 0 Å². The third-order valence-corrected chi connectivity index (χ3v) is 3.46. The van der Waals surface area contributed by atoms with Crippen LogP contribution in [0.5, 0.6) is 5.75 Å². The molecule has 4 nitrogen and oxygen atoms in total. The lowest BCUT2D eigenvalue weighted by atomic mass is 10.1. The smallest absolute Gasteiger partial charge is 0.165 e. The summed E-state index contributed by atoms with van der Waals surface area (Å²) in [4.78, 5) is 7.56. The zero-order valence-electron chi connectivity index (χ0n) is 11.4. The van der Waals surface area contributed by atoms with Crippen molar-refractivity contribution >= 4 is 0 Å². The Kier molecular flexibility index (Phi) is 3.69. The van der Waals surface area contributed by atoms with Crippen molar-refractivity contribution in [3.05, 3.63) is 36.0 Å². The molecule has 3 rings (SSSR count). The Morgan fingerprint density at radius 3 is 3.00 bits per heavy atom. The Morgan fingerprint density at radius 1 is 1.45 bits per heavy atom. The molecule has 0 saturated heterocycles. The van der Waals surface area contributed by atoms with Crippen LogP contribution < -0.4 is 10.1 Å². The summed E-state index contributed by atoms with van der Waals surface area (Å²) in [5.74, 6) is 0.808. The van der Waals surface area contributed by atoms with Crippen LogP contribution in [0.3, 0.4) is 0 Å². The maximum Gasteiger partial charge on any atom is 0.165 e. The number of H-pyrrole nitrogens is 1. The fourth-order valence-electron chi connectivity index (χ4n) is 2.15. The van der Waals surface area contributed by atoms with Gasteiger partial charge in [-0.2, -0.15) is 0 Å². The molecule has 1 aliphatic rings. The fourth-order valence-corrected chi connectivity index (χ4v) is 2.15. The standard InChI is InChI=1S/C15H18FN3O/c1-20-14-5-2-10(8-12(14)16)13-9-18-15(19-13)6-7-17-11-3-4-11/h2,5,8-9,11,17H,3-4,6-7H2,1H3,(H,18,19). The van der Waals surface area contributed by atoms with Crippen molar-refractivity contribution < 1.29 is 9.13 Å². The highest BCUT2D eigenvalue weighted by Gasteiger charge is 2.19. The van der Waals surface area contributed by atoms with Crippen LogP contribution in [-0.4, -0.2) is 29.7 Å². The van der Waals surface area contributed by atoms with E-state index in [-0.39, 0.29) is 11.6 Å². The zero-order valence-corrected chi connectivity index (χ0v) is 11.4. The first kappa shape index (κ1) is 13.1. The van der Waals surface area contributed by atoms with E-state index in [1.807, 2.05) is 6.07 Å². The van der Waals surface area contributed by atoms with Crippen LogP contribution in [0.1, 0.15) is 18.7 Å². The summed E-state index contributed by atoms with van der Waals surface area (Å²) in [7, 11) is 1.46. The second-order valence-electron chi connectivity index (χ2n) is 5.07. The van der Waals surface area contributed by atoms with Crippen LogP contribution >= 0.6 is 0 Å². The molecule has 2 aromatic rings. The van der Waals surface area contributed by atoms with Gasteiger partial charge in [0, 0.05) is 24.6 Å². The summed E-state index contributed by atoms with van der Waals surface area (Å²) < 4.78 is 18.6. The molecule has 106 valence electrons. The van der Waals surface area contributed by atoms with E-state index in [1.165, 1.54) is 26.0 Å². The number of ether oxygens (including phenoxy) is 1. The minimum Gasteiger partial charge on any atom is -0.494 e. The molecule has 1 heterocycles. The number of aromatic amines is 1. The van der Waals surface area contributed by atoms with Crippen LogP contribution in [0.25, 0.3) is 11.3 Å². The molecule has 0 atom stereocenters. The first-order valence-corrected chi connectivity index (χ1v) is 6.87. The van der Waals surface area contributed by atoms with Crippen molar-refractivity contribution in [3.8, 4) is 17.0 Å². The average molecular weight is 275 g/mol. The molecule has 1 fully saturated rings. The number of nitrogens with one attached hydrogen (secondary N) is 2. The molecular weight excluding hydrogens is 257 g/mol. The monoisotopic (exact) mass is 275 g/mol. The SMILES string of the molecule is COc1ccc(-c2cnc(CCNC3CC3)[nH]2)cc1F. The number of nitrogens with zero attached hydrogens (tertiary/aromatic N) is 1. The third kappa shape index (κ3) is 2.99. The minimum atomic E-state index is -0.364. The molecule has 0 unspecified atom stereocenters. The van der Waals surface area contributed by atoms with Gasteiger partial charge in [0.15, 0.2) is 11.6 Å². The van der Waals surface area contributed by atoms with Gasteiger partial charge >= 0.3 is 0 Å². The predicted molar refractivity (Wildman–Crippen MR) is 75.3 cm³/mol. The van der Waals surface area contributed by atoms with E-state index >= 15 is 0 Å². The van der Waals surface area contributed by atoms with Gasteiger partial charge in [0.05, 0.1) is 19.0 Å². The van der Waals surface area contributed by atoms with Crippen LogP contribution in [0.4, 0.5) is 4.39 Å². The Balaban J connectivity index is 1.67. The number of hydrogen-bond acceptors (Lipinski definition) is 3. The topological polar surface area (TPSA) is 49.9 Å². The quantitative estimate of drug-likeness (QED) is 0.851. The van der Waals surface area contributed by atoms with Gasteiger partial charge in [-0.3, -0.25) is 0 Å². The van der Waals surface area contributed by atoms with E-state index in [2.05, 4.69) is 15.3 Å². The highest BCUT2D eigenvalue weighted by Crippen LogP contribution is 2.24. The molecule has 0 spiro atoms. The molecule has 1 saturated carbocycles. The van der Waals surface area contributed by atoms with Gasteiger partial charge in [-0.1, -0.05) is 0 Å². The Hall–Kier alpha value is -1.88. The molecule has 1 aromatic heterocycles. The summed E-state index contributed by atoms with van der Waals surface area (Å²) in [6.45, 7) is 0.925. The third-order valence-electron chi connectivity index (χ3n) is 3.46. The molecule has 2 N–H and O–H groups in total. The lowest BCUT2D eigenvalue weighted by Gasteiger charge is -2.03. The number of aromatic nitrogens is 2. The van der Waals surface area contributed by atoms with E-state index in [4.69, 9.17) is 4.74 Å². The lowest BCUT2D eigenvalue weighted by molar-refractivity contribution is 0.386. The van der Waals surface area contributed by atoms with E-state index < -0.39 is 0 Å². The van der Waals surface area contributed by atoms with Crippen LogP contribution in [0.15, 0.2) is 24.4 Å². The number of imidazole rings is 1. The Morgan fingerprint density at radius 2 is 2.30 bits per heavy atom. The van der Waals surface area contributed by atoms with Gasteiger partial charge in [0.2, 0.25) is 0 Å². The maximum absolute atomic E-state index is 13.7. The van der Waals surface area contributed by atoms with Crippen molar-refractivity contribution in [1.82, 2.24) is 15.3 Å². The molecule has 0 radical (unpaired) electrons. The van der Waals surface area contributed by atoms with Crippen molar-refractivity contribution in [2.45, 2.75) is 25.3 Å². The van der Waals surface area contributed by atoms with Gasteiger partial charge < -0.3 is 15.0 Å². The molecule has 0 bridgehead atoms. The average Bonchev–Trinajstić information content (AvgIpc) is 3.15. The lowest BCUT2D eigenvalue weighted by Crippen LogP contribution is -2.19. The van der Waals surface area contributed by atoms with E-state index in [9.17, 15) is 4.39 Å². The summed E-state index contributed by atoms with van der Waals surface area (Å²) in [5, 5.41) is 3.44. The number of halogens is 1. The largest absolute Gasteiger partial charge is 0.494 e. The van der Waals surface area contributed by atoms with Crippen molar-refractivity contribution in [2.24, 2.45) is 0 Å². The van der Waals surface area contributed by atoms with E-state index in [1.54, 1.807) is 12.3 Å². The van der Waals surface area contributed by atoms with Crippen molar-refractivity contribution in [3.63, 3.8) is 0 Å². The van der Waals surface area contributed by atoms with Gasteiger partial charge in [-0.05, 0) is 31.0 Å². The first-order chi connectivity index (χ1) is 9.76. The zero-order chi connectivity index (χ0) is 13.9. The Labute approximate surface area is 117 Å². The predicted octanol–water partition coefficient (Wildman–Crippen LogP) is 2.52. The molecule has 0 amide bonds. The summed E-state index contributed by atoms with van der Waals surface area (Å²) in [5.41, 5.74) is 1.60. The Bertz CT molecular complexity index is 593. The number of hydrogen-bond donors (Lipinski definition) is 2. The van der Waals surface area contributed by atoms with E-state index in [0.29, 0.717) is 6.04 Å². The highest BCUT2D eigenvalue weighted by atomic mass is 19.1. The normalized spacial score (nSPS) is 14.5. The van der Waals surface area contributed by atoms with Crippen LogP contribution in [0, 0.1) is 5.82 Å². The first-order valence-electron chi connectivity index (χ1n) is 6.87. The van der Waals surface area contributed by atoms with Crippen LogP contribution in [0.2, 0.25) is 0 Å². The molecule has 5 heteroatoms. The maximum atomic E-state index is 13.7. The summed E-state index contributed by atoms with van der Waals surface area (Å²) in [6, 6.07) is 5.61. The number of rotatable bonds is 6. The number of benzene rings is 1.